The van der Waals surface area contributed by atoms with E-state index in [0.29, 0.717) is 36.5 Å². The van der Waals surface area contributed by atoms with Crippen LogP contribution in [0.1, 0.15) is 41.8 Å². The molecule has 32 heavy (non-hydrogen) atoms. The number of piperidine rings is 1. The minimum atomic E-state index is -3.64. The molecule has 0 spiro atoms. The normalized spacial score (nSPS) is 15.8. The second-order valence-corrected chi connectivity index (χ2v) is 10.6. The molecule has 1 aliphatic rings. The molecule has 2 heterocycles. The zero-order valence-electron chi connectivity index (χ0n) is 18.3. The molecule has 2 aromatic rings. The molecule has 1 unspecified atom stereocenters. The third-order valence-electron chi connectivity index (χ3n) is 5.37. The molecular formula is C22H29N3O5S2. The van der Waals surface area contributed by atoms with E-state index in [1.165, 1.54) is 22.7 Å². The second kappa shape index (κ2) is 11.0. The molecule has 1 atom stereocenters. The summed E-state index contributed by atoms with van der Waals surface area (Å²) >= 11 is 1.56. The van der Waals surface area contributed by atoms with Gasteiger partial charge in [-0.3, -0.25) is 9.59 Å². The first-order valence-corrected chi connectivity index (χ1v) is 13.4. The van der Waals surface area contributed by atoms with E-state index >= 15 is 0 Å². The first kappa shape index (κ1) is 24.3. The van der Waals surface area contributed by atoms with Crippen LogP contribution in [0.5, 0.6) is 0 Å². The number of furan rings is 1. The quantitative estimate of drug-likeness (QED) is 0.572. The van der Waals surface area contributed by atoms with E-state index in [4.69, 9.17) is 4.42 Å². The third kappa shape index (κ3) is 5.93. The fraction of sp³-hybridized carbons (Fsp3) is 0.455. The number of anilines is 1. The highest BCUT2D eigenvalue weighted by molar-refractivity contribution is 7.98. The number of sulfonamides is 1. The summed E-state index contributed by atoms with van der Waals surface area (Å²) in [6.07, 6.45) is 6.46. The number of carbonyl (C=O) groups is 2. The Morgan fingerprint density at radius 3 is 2.59 bits per heavy atom. The lowest BCUT2D eigenvalue weighted by Gasteiger charge is -2.27. The number of carbonyl (C=O) groups excluding carboxylic acids is 2. The van der Waals surface area contributed by atoms with Crippen molar-refractivity contribution < 1.29 is 22.4 Å². The molecule has 2 amide bonds. The Morgan fingerprint density at radius 1 is 1.19 bits per heavy atom. The molecule has 0 saturated carbocycles. The van der Waals surface area contributed by atoms with Crippen LogP contribution in [0.3, 0.4) is 0 Å². The van der Waals surface area contributed by atoms with Crippen molar-refractivity contribution in [2.75, 3.05) is 30.4 Å². The Balaban J connectivity index is 1.77. The van der Waals surface area contributed by atoms with Gasteiger partial charge in [-0.2, -0.15) is 16.1 Å². The van der Waals surface area contributed by atoms with Crippen LogP contribution in [-0.4, -0.2) is 55.7 Å². The highest BCUT2D eigenvalue weighted by Gasteiger charge is 2.28. The summed E-state index contributed by atoms with van der Waals surface area (Å²) in [7, 11) is -3.64. The fourth-order valence-electron chi connectivity index (χ4n) is 3.57. The Kier molecular flexibility index (Phi) is 8.38. The molecule has 10 heteroatoms. The molecule has 0 radical (unpaired) electrons. The molecular weight excluding hydrogens is 450 g/mol. The van der Waals surface area contributed by atoms with Gasteiger partial charge in [-0.1, -0.05) is 12.5 Å². The van der Waals surface area contributed by atoms with E-state index in [1.54, 1.807) is 36.9 Å². The maximum absolute atomic E-state index is 13.1. The summed E-state index contributed by atoms with van der Waals surface area (Å²) in [5.41, 5.74) is 0.996. The van der Waals surface area contributed by atoms with Crippen molar-refractivity contribution in [1.82, 2.24) is 9.62 Å². The van der Waals surface area contributed by atoms with E-state index in [1.807, 2.05) is 6.26 Å². The van der Waals surface area contributed by atoms with Gasteiger partial charge in [-0.15, -0.1) is 0 Å². The highest BCUT2D eigenvalue weighted by atomic mass is 32.2. The molecule has 0 bridgehead atoms. The molecule has 2 N–H and O–H groups in total. The molecule has 8 nitrogen and oxygen atoms in total. The zero-order chi connectivity index (χ0) is 23.1. The molecule has 3 rings (SSSR count). The number of hydrogen-bond acceptors (Lipinski definition) is 6. The lowest BCUT2D eigenvalue weighted by atomic mass is 10.1. The van der Waals surface area contributed by atoms with Crippen LogP contribution in [0, 0.1) is 6.92 Å². The maximum atomic E-state index is 13.1. The predicted octanol–water partition coefficient (Wildman–Crippen LogP) is 3.25. The minimum Gasteiger partial charge on any atom is -0.459 e. The van der Waals surface area contributed by atoms with E-state index in [-0.39, 0.29) is 10.7 Å². The van der Waals surface area contributed by atoms with Gasteiger partial charge in [0.15, 0.2) is 5.76 Å². The standard InChI is InChI=1S/C22H29N3O5S2/c1-16-8-9-17(15-20(16)32(28,29)25-11-4-3-5-12-25)23-21(26)18(10-14-31-2)24-22(27)19-7-6-13-30-19/h6-9,13,15,18H,3-5,10-12,14H2,1-2H3,(H,23,26)(H,24,27). The Morgan fingerprint density at radius 2 is 1.94 bits per heavy atom. The molecule has 1 fully saturated rings. The molecule has 1 aliphatic heterocycles. The molecule has 1 aromatic carbocycles. The van der Waals surface area contributed by atoms with E-state index in [2.05, 4.69) is 10.6 Å². The van der Waals surface area contributed by atoms with Crippen LogP contribution in [-0.2, 0) is 14.8 Å². The minimum absolute atomic E-state index is 0.122. The second-order valence-electron chi connectivity index (χ2n) is 7.72. The van der Waals surface area contributed by atoms with Crippen LogP contribution in [0.4, 0.5) is 5.69 Å². The monoisotopic (exact) mass is 479 g/mol. The first-order chi connectivity index (χ1) is 15.3. The topological polar surface area (TPSA) is 109 Å². The summed E-state index contributed by atoms with van der Waals surface area (Å²) in [5.74, 6) is -0.103. The number of thioether (sulfide) groups is 1. The molecule has 174 valence electrons. The van der Waals surface area contributed by atoms with Crippen molar-refractivity contribution in [1.29, 1.82) is 0 Å². The largest absolute Gasteiger partial charge is 0.459 e. The summed E-state index contributed by atoms with van der Waals surface area (Å²) in [6.45, 7) is 2.76. The van der Waals surface area contributed by atoms with E-state index < -0.39 is 27.9 Å². The van der Waals surface area contributed by atoms with Crippen molar-refractivity contribution in [2.24, 2.45) is 0 Å². The lowest BCUT2D eigenvalue weighted by Crippen LogP contribution is -2.44. The van der Waals surface area contributed by atoms with Crippen LogP contribution >= 0.6 is 11.8 Å². The zero-order valence-corrected chi connectivity index (χ0v) is 19.9. The highest BCUT2D eigenvalue weighted by Crippen LogP contribution is 2.26. The average molecular weight is 480 g/mol. The number of benzene rings is 1. The fourth-order valence-corrected chi connectivity index (χ4v) is 5.81. The SMILES string of the molecule is CSCCC(NC(=O)c1ccco1)C(=O)Nc1ccc(C)c(S(=O)(=O)N2CCCCC2)c1. The maximum Gasteiger partial charge on any atom is 0.287 e. The van der Waals surface area contributed by atoms with Crippen LogP contribution < -0.4 is 10.6 Å². The Hall–Kier alpha value is -2.30. The van der Waals surface area contributed by atoms with Gasteiger partial charge in [0.2, 0.25) is 15.9 Å². The Labute approximate surface area is 193 Å². The lowest BCUT2D eigenvalue weighted by molar-refractivity contribution is -0.118. The first-order valence-electron chi connectivity index (χ1n) is 10.6. The van der Waals surface area contributed by atoms with Crippen molar-refractivity contribution in [3.05, 3.63) is 47.9 Å². The van der Waals surface area contributed by atoms with Gasteiger partial charge < -0.3 is 15.1 Å². The van der Waals surface area contributed by atoms with E-state index in [0.717, 1.165) is 19.3 Å². The molecule has 0 aliphatic carbocycles. The van der Waals surface area contributed by atoms with Gasteiger partial charge in [-0.05, 0) is 68.0 Å². The predicted molar refractivity (Wildman–Crippen MR) is 125 cm³/mol. The summed E-state index contributed by atoms with van der Waals surface area (Å²) in [4.78, 5) is 25.5. The van der Waals surface area contributed by atoms with Gasteiger partial charge >= 0.3 is 0 Å². The van der Waals surface area contributed by atoms with Crippen molar-refractivity contribution in [2.45, 2.75) is 43.5 Å². The number of nitrogens with one attached hydrogen (secondary N) is 2. The smallest absolute Gasteiger partial charge is 0.287 e. The Bertz CT molecular complexity index is 1030. The van der Waals surface area contributed by atoms with Crippen molar-refractivity contribution in [3.63, 3.8) is 0 Å². The summed E-state index contributed by atoms with van der Waals surface area (Å²) < 4.78 is 32.9. The van der Waals surface area contributed by atoms with Crippen molar-refractivity contribution >= 4 is 39.3 Å². The average Bonchev–Trinajstić information content (AvgIpc) is 3.33. The van der Waals surface area contributed by atoms with Gasteiger partial charge in [0.1, 0.15) is 6.04 Å². The molecule has 1 saturated heterocycles. The van der Waals surface area contributed by atoms with E-state index in [9.17, 15) is 18.0 Å². The number of nitrogens with zero attached hydrogens (tertiary/aromatic N) is 1. The van der Waals surface area contributed by atoms with Crippen LogP contribution in [0.25, 0.3) is 0 Å². The number of rotatable bonds is 9. The third-order valence-corrected chi connectivity index (χ3v) is 8.05. The van der Waals surface area contributed by atoms with Crippen LogP contribution in [0.15, 0.2) is 45.9 Å². The van der Waals surface area contributed by atoms with Gasteiger partial charge in [0.25, 0.3) is 5.91 Å². The summed E-state index contributed by atoms with van der Waals surface area (Å²) in [5, 5.41) is 5.47. The van der Waals surface area contributed by atoms with Gasteiger partial charge in [-0.25, -0.2) is 8.42 Å². The van der Waals surface area contributed by atoms with Gasteiger partial charge in [0.05, 0.1) is 11.2 Å². The van der Waals surface area contributed by atoms with Crippen LogP contribution in [0.2, 0.25) is 0 Å². The van der Waals surface area contributed by atoms with Gasteiger partial charge in [0, 0.05) is 18.8 Å². The summed E-state index contributed by atoms with van der Waals surface area (Å²) in [6, 6.07) is 7.19. The number of hydrogen-bond donors (Lipinski definition) is 2. The number of aryl methyl sites for hydroxylation is 1. The number of amides is 2. The van der Waals surface area contributed by atoms with Crippen molar-refractivity contribution in [3.8, 4) is 0 Å². The molecule has 1 aromatic heterocycles.